The molecule has 1 aromatic carbocycles. The second kappa shape index (κ2) is 7.68. The SMILES string of the molecule is COc1ccc(CNC(=O)CNC(=O)C2CCC2)cc1OC. The highest BCUT2D eigenvalue weighted by Crippen LogP contribution is 2.27. The van der Waals surface area contributed by atoms with Crippen molar-refractivity contribution in [2.75, 3.05) is 20.8 Å². The van der Waals surface area contributed by atoms with Crippen LogP contribution in [0.2, 0.25) is 0 Å². The number of benzene rings is 1. The molecule has 0 aromatic heterocycles. The van der Waals surface area contributed by atoms with E-state index in [0.717, 1.165) is 24.8 Å². The lowest BCUT2D eigenvalue weighted by molar-refractivity contribution is -0.130. The third-order valence-electron chi connectivity index (χ3n) is 3.84. The monoisotopic (exact) mass is 306 g/mol. The summed E-state index contributed by atoms with van der Waals surface area (Å²) in [4.78, 5) is 23.4. The Labute approximate surface area is 130 Å². The van der Waals surface area contributed by atoms with Gasteiger partial charge in [-0.1, -0.05) is 12.5 Å². The van der Waals surface area contributed by atoms with E-state index in [2.05, 4.69) is 10.6 Å². The molecule has 2 rings (SSSR count). The summed E-state index contributed by atoms with van der Waals surface area (Å²) in [6.07, 6.45) is 2.96. The van der Waals surface area contributed by atoms with E-state index in [0.29, 0.717) is 18.0 Å². The van der Waals surface area contributed by atoms with E-state index in [1.54, 1.807) is 20.3 Å². The van der Waals surface area contributed by atoms with Crippen LogP contribution in [-0.4, -0.2) is 32.6 Å². The molecule has 1 saturated carbocycles. The normalized spacial score (nSPS) is 13.9. The van der Waals surface area contributed by atoms with E-state index in [9.17, 15) is 9.59 Å². The van der Waals surface area contributed by atoms with Gasteiger partial charge in [-0.2, -0.15) is 0 Å². The van der Waals surface area contributed by atoms with Gasteiger partial charge in [0.15, 0.2) is 11.5 Å². The summed E-state index contributed by atoms with van der Waals surface area (Å²) in [6, 6.07) is 5.46. The number of hydrogen-bond donors (Lipinski definition) is 2. The fraction of sp³-hybridized carbons (Fsp3) is 0.500. The number of ether oxygens (including phenoxy) is 2. The van der Waals surface area contributed by atoms with Gasteiger partial charge in [-0.3, -0.25) is 9.59 Å². The maximum Gasteiger partial charge on any atom is 0.239 e. The molecule has 0 heterocycles. The zero-order valence-electron chi connectivity index (χ0n) is 13.0. The Morgan fingerprint density at radius 2 is 1.86 bits per heavy atom. The van der Waals surface area contributed by atoms with Crippen molar-refractivity contribution in [3.05, 3.63) is 23.8 Å². The number of nitrogens with one attached hydrogen (secondary N) is 2. The van der Waals surface area contributed by atoms with E-state index in [4.69, 9.17) is 9.47 Å². The summed E-state index contributed by atoms with van der Waals surface area (Å²) >= 11 is 0. The van der Waals surface area contributed by atoms with E-state index < -0.39 is 0 Å². The molecular formula is C16H22N2O4. The van der Waals surface area contributed by atoms with Crippen LogP contribution in [-0.2, 0) is 16.1 Å². The molecule has 0 aliphatic heterocycles. The average molecular weight is 306 g/mol. The van der Waals surface area contributed by atoms with Crippen molar-refractivity contribution in [2.45, 2.75) is 25.8 Å². The first kappa shape index (κ1) is 16.1. The third-order valence-corrected chi connectivity index (χ3v) is 3.84. The van der Waals surface area contributed by atoms with E-state index in [1.807, 2.05) is 12.1 Å². The molecule has 120 valence electrons. The maximum atomic E-state index is 11.7. The van der Waals surface area contributed by atoms with Crippen molar-refractivity contribution in [3.63, 3.8) is 0 Å². The number of methoxy groups -OCH3 is 2. The zero-order chi connectivity index (χ0) is 15.9. The van der Waals surface area contributed by atoms with Crippen molar-refractivity contribution in [2.24, 2.45) is 5.92 Å². The number of carbonyl (C=O) groups excluding carboxylic acids is 2. The number of amides is 2. The minimum absolute atomic E-state index is 0.0165. The lowest BCUT2D eigenvalue weighted by atomic mass is 9.85. The first-order valence-electron chi connectivity index (χ1n) is 7.39. The van der Waals surface area contributed by atoms with Gasteiger partial charge in [-0.05, 0) is 30.5 Å². The second-order valence-corrected chi connectivity index (χ2v) is 5.31. The summed E-state index contributed by atoms with van der Waals surface area (Å²) in [5, 5.41) is 5.43. The van der Waals surface area contributed by atoms with Crippen LogP contribution in [0.15, 0.2) is 18.2 Å². The number of carbonyl (C=O) groups is 2. The first-order chi connectivity index (χ1) is 10.6. The molecule has 1 aliphatic carbocycles. The van der Waals surface area contributed by atoms with Crippen molar-refractivity contribution < 1.29 is 19.1 Å². The molecule has 0 atom stereocenters. The Kier molecular flexibility index (Phi) is 5.63. The lowest BCUT2D eigenvalue weighted by Gasteiger charge is -2.23. The van der Waals surface area contributed by atoms with Gasteiger partial charge in [0.05, 0.1) is 20.8 Å². The Morgan fingerprint density at radius 3 is 2.45 bits per heavy atom. The molecule has 22 heavy (non-hydrogen) atoms. The van der Waals surface area contributed by atoms with Gasteiger partial charge in [0.2, 0.25) is 11.8 Å². The molecule has 2 amide bonds. The number of rotatable bonds is 7. The molecule has 0 radical (unpaired) electrons. The van der Waals surface area contributed by atoms with Crippen molar-refractivity contribution in [1.82, 2.24) is 10.6 Å². The number of hydrogen-bond acceptors (Lipinski definition) is 4. The highest BCUT2D eigenvalue weighted by molar-refractivity contribution is 5.86. The summed E-state index contributed by atoms with van der Waals surface area (Å²) in [5.41, 5.74) is 0.899. The molecule has 6 heteroatoms. The van der Waals surface area contributed by atoms with Crippen LogP contribution >= 0.6 is 0 Å². The minimum Gasteiger partial charge on any atom is -0.493 e. The van der Waals surface area contributed by atoms with Gasteiger partial charge in [-0.15, -0.1) is 0 Å². The minimum atomic E-state index is -0.206. The second-order valence-electron chi connectivity index (χ2n) is 5.31. The predicted octanol–water partition coefficient (Wildman–Crippen LogP) is 1.24. The Morgan fingerprint density at radius 1 is 1.14 bits per heavy atom. The zero-order valence-corrected chi connectivity index (χ0v) is 13.0. The van der Waals surface area contributed by atoms with Gasteiger partial charge in [0.25, 0.3) is 0 Å². The van der Waals surface area contributed by atoms with Gasteiger partial charge in [0.1, 0.15) is 0 Å². The molecule has 1 aromatic rings. The molecule has 1 aliphatic rings. The molecule has 0 spiro atoms. The molecule has 2 N–H and O–H groups in total. The van der Waals surface area contributed by atoms with Gasteiger partial charge in [0, 0.05) is 12.5 Å². The highest BCUT2D eigenvalue weighted by atomic mass is 16.5. The predicted molar refractivity (Wildman–Crippen MR) is 81.7 cm³/mol. The standard InChI is InChI=1S/C16H22N2O4/c1-21-13-7-6-11(8-14(13)22-2)9-17-15(19)10-18-16(20)12-4-3-5-12/h6-8,12H,3-5,9-10H2,1-2H3,(H,17,19)(H,18,20). The van der Waals surface area contributed by atoms with Crippen LogP contribution in [0.25, 0.3) is 0 Å². The Balaban J connectivity index is 1.76. The summed E-state index contributed by atoms with van der Waals surface area (Å²) in [6.45, 7) is 0.390. The maximum absolute atomic E-state index is 11.7. The average Bonchev–Trinajstić information content (AvgIpc) is 2.48. The summed E-state index contributed by atoms with van der Waals surface area (Å²) in [5.74, 6) is 1.13. The van der Waals surface area contributed by atoms with Gasteiger partial charge < -0.3 is 20.1 Å². The molecule has 1 fully saturated rings. The molecule has 0 unspecified atom stereocenters. The van der Waals surface area contributed by atoms with Gasteiger partial charge >= 0.3 is 0 Å². The van der Waals surface area contributed by atoms with E-state index in [-0.39, 0.29) is 24.3 Å². The summed E-state index contributed by atoms with van der Waals surface area (Å²) < 4.78 is 10.4. The topological polar surface area (TPSA) is 76.7 Å². The first-order valence-corrected chi connectivity index (χ1v) is 7.39. The fourth-order valence-electron chi connectivity index (χ4n) is 2.24. The fourth-order valence-corrected chi connectivity index (χ4v) is 2.24. The molecule has 6 nitrogen and oxygen atoms in total. The Bertz CT molecular complexity index is 541. The summed E-state index contributed by atoms with van der Waals surface area (Å²) in [7, 11) is 3.14. The van der Waals surface area contributed by atoms with Crippen LogP contribution in [0.3, 0.4) is 0 Å². The van der Waals surface area contributed by atoms with Gasteiger partial charge in [-0.25, -0.2) is 0 Å². The Hall–Kier alpha value is -2.24. The van der Waals surface area contributed by atoms with Crippen molar-refractivity contribution in [3.8, 4) is 11.5 Å². The molecule has 0 saturated heterocycles. The highest BCUT2D eigenvalue weighted by Gasteiger charge is 2.25. The van der Waals surface area contributed by atoms with Crippen LogP contribution in [0.1, 0.15) is 24.8 Å². The largest absolute Gasteiger partial charge is 0.493 e. The van der Waals surface area contributed by atoms with E-state index in [1.165, 1.54) is 0 Å². The smallest absolute Gasteiger partial charge is 0.239 e. The van der Waals surface area contributed by atoms with Crippen LogP contribution in [0.5, 0.6) is 11.5 Å². The molecular weight excluding hydrogens is 284 g/mol. The quantitative estimate of drug-likeness (QED) is 0.794. The van der Waals surface area contributed by atoms with Crippen LogP contribution < -0.4 is 20.1 Å². The van der Waals surface area contributed by atoms with Crippen molar-refractivity contribution in [1.29, 1.82) is 0 Å². The van der Waals surface area contributed by atoms with E-state index >= 15 is 0 Å². The van der Waals surface area contributed by atoms with Crippen LogP contribution in [0, 0.1) is 5.92 Å². The van der Waals surface area contributed by atoms with Crippen LogP contribution in [0.4, 0.5) is 0 Å². The van der Waals surface area contributed by atoms with Crippen molar-refractivity contribution >= 4 is 11.8 Å². The molecule has 0 bridgehead atoms. The lowest BCUT2D eigenvalue weighted by Crippen LogP contribution is -2.41. The third kappa shape index (κ3) is 4.13.